The van der Waals surface area contributed by atoms with Crippen molar-refractivity contribution in [3.8, 4) is 11.4 Å². The van der Waals surface area contributed by atoms with E-state index >= 15 is 0 Å². The first-order valence-electron chi connectivity index (χ1n) is 15.2. The van der Waals surface area contributed by atoms with Crippen molar-refractivity contribution in [2.24, 2.45) is 0 Å². The van der Waals surface area contributed by atoms with Crippen molar-refractivity contribution >= 4 is 62.2 Å². The van der Waals surface area contributed by atoms with Gasteiger partial charge in [0.25, 0.3) is 6.71 Å². The number of hydrogen-bond acceptors (Lipinski definition) is 1. The fourth-order valence-electron chi connectivity index (χ4n) is 7.23. The molecule has 6 aromatic carbocycles. The maximum Gasteiger partial charge on any atom is 0.271 e. The van der Waals surface area contributed by atoms with E-state index in [0.717, 1.165) is 17.1 Å². The molecule has 3 nitrogen and oxygen atoms in total. The van der Waals surface area contributed by atoms with Gasteiger partial charge in [0.2, 0.25) is 0 Å². The summed E-state index contributed by atoms with van der Waals surface area (Å²) in [6.45, 7) is -0.0105. The standard InChI is InChI=1S/C40H28BN3/c1-5-17-29(18-6-1)41-37-33-25-13-15-27-35(33)43(31-21-9-3-10-22-31)40(37)44(32-23-11-4-12-24-32)38-34-26-14-16-28-36(34)42(39(38)41)30-19-7-2-8-20-30/h1-28H. The van der Waals surface area contributed by atoms with Gasteiger partial charge in [-0.25, -0.2) is 0 Å². The lowest BCUT2D eigenvalue weighted by atomic mass is 9.36. The quantitative estimate of drug-likeness (QED) is 0.199. The Bertz CT molecular complexity index is 2110. The Hall–Kier alpha value is -5.74. The van der Waals surface area contributed by atoms with Crippen molar-refractivity contribution in [1.82, 2.24) is 9.13 Å². The second kappa shape index (κ2) is 9.93. The number of nitrogens with zero attached hydrogens (tertiary/aromatic N) is 3. The topological polar surface area (TPSA) is 13.1 Å². The Morgan fingerprint density at radius 2 is 0.841 bits per heavy atom. The first kappa shape index (κ1) is 24.8. The molecule has 0 unspecified atom stereocenters. The molecule has 0 radical (unpaired) electrons. The highest BCUT2D eigenvalue weighted by molar-refractivity contribution is 6.99. The average molecular weight is 561 g/mol. The second-order valence-electron chi connectivity index (χ2n) is 11.4. The number of anilines is 3. The zero-order chi connectivity index (χ0) is 29.0. The Balaban J connectivity index is 1.53. The molecule has 0 aliphatic carbocycles. The molecule has 8 aromatic rings. The van der Waals surface area contributed by atoms with Crippen LogP contribution in [0, 0.1) is 0 Å². The van der Waals surface area contributed by atoms with E-state index in [4.69, 9.17) is 0 Å². The predicted molar refractivity (Wildman–Crippen MR) is 186 cm³/mol. The second-order valence-corrected chi connectivity index (χ2v) is 11.4. The average Bonchev–Trinajstić information content (AvgIpc) is 3.62. The number of benzene rings is 6. The molecule has 9 rings (SSSR count). The molecule has 0 fully saturated rings. The maximum atomic E-state index is 2.51. The van der Waals surface area contributed by atoms with Gasteiger partial charge in [0.05, 0.1) is 16.7 Å². The monoisotopic (exact) mass is 561 g/mol. The van der Waals surface area contributed by atoms with Gasteiger partial charge in [-0.1, -0.05) is 127 Å². The van der Waals surface area contributed by atoms with Gasteiger partial charge in [0, 0.05) is 28.0 Å². The molecule has 0 spiro atoms. The smallest absolute Gasteiger partial charge is 0.271 e. The van der Waals surface area contributed by atoms with E-state index in [0.29, 0.717) is 0 Å². The first-order chi connectivity index (χ1) is 21.9. The summed E-state index contributed by atoms with van der Waals surface area (Å²) in [6.07, 6.45) is 0. The molecule has 44 heavy (non-hydrogen) atoms. The van der Waals surface area contributed by atoms with Crippen LogP contribution in [0.4, 0.5) is 17.2 Å². The van der Waals surface area contributed by atoms with E-state index in [1.165, 1.54) is 49.8 Å². The fraction of sp³-hybridized carbons (Fsp3) is 0. The van der Waals surface area contributed by atoms with Crippen molar-refractivity contribution in [3.63, 3.8) is 0 Å². The molecule has 0 saturated carbocycles. The number of rotatable bonds is 4. The van der Waals surface area contributed by atoms with E-state index in [1.54, 1.807) is 0 Å². The van der Waals surface area contributed by atoms with Crippen LogP contribution in [0.2, 0.25) is 0 Å². The van der Waals surface area contributed by atoms with Crippen LogP contribution in [-0.2, 0) is 0 Å². The Kier molecular flexibility index (Phi) is 5.60. The summed E-state index contributed by atoms with van der Waals surface area (Å²) in [7, 11) is 0. The van der Waals surface area contributed by atoms with Crippen LogP contribution >= 0.6 is 0 Å². The molecule has 1 aliphatic heterocycles. The number of para-hydroxylation sites is 5. The highest BCUT2D eigenvalue weighted by Gasteiger charge is 2.44. The van der Waals surface area contributed by atoms with Gasteiger partial charge in [-0.15, -0.1) is 0 Å². The Morgan fingerprint density at radius 3 is 1.45 bits per heavy atom. The van der Waals surface area contributed by atoms with Crippen molar-refractivity contribution in [2.75, 3.05) is 4.90 Å². The lowest BCUT2D eigenvalue weighted by molar-refractivity contribution is 1.07. The van der Waals surface area contributed by atoms with Gasteiger partial charge in [0.1, 0.15) is 5.82 Å². The summed E-state index contributed by atoms with van der Waals surface area (Å²) in [5.41, 5.74) is 10.9. The predicted octanol–water partition coefficient (Wildman–Crippen LogP) is 7.87. The van der Waals surface area contributed by atoms with Gasteiger partial charge < -0.3 is 4.57 Å². The minimum absolute atomic E-state index is 0.0105. The molecular weight excluding hydrogens is 533 g/mol. The number of hydrogen-bond donors (Lipinski definition) is 0. The van der Waals surface area contributed by atoms with E-state index in [1.807, 2.05) is 0 Å². The molecule has 2 aromatic heterocycles. The van der Waals surface area contributed by atoms with Crippen LogP contribution in [0.25, 0.3) is 33.2 Å². The summed E-state index contributed by atoms with van der Waals surface area (Å²) in [4.78, 5) is 2.51. The third kappa shape index (κ3) is 3.58. The van der Waals surface area contributed by atoms with Crippen LogP contribution in [0.5, 0.6) is 0 Å². The van der Waals surface area contributed by atoms with Gasteiger partial charge in [-0.2, -0.15) is 0 Å². The van der Waals surface area contributed by atoms with Gasteiger partial charge in [-0.3, -0.25) is 9.47 Å². The highest BCUT2D eigenvalue weighted by Crippen LogP contribution is 2.45. The zero-order valence-electron chi connectivity index (χ0n) is 24.1. The lowest BCUT2D eigenvalue weighted by Crippen LogP contribution is -2.59. The van der Waals surface area contributed by atoms with Crippen LogP contribution in [0.1, 0.15) is 0 Å². The van der Waals surface area contributed by atoms with Crippen molar-refractivity contribution < 1.29 is 0 Å². The molecular formula is C40H28BN3. The normalized spacial score (nSPS) is 12.5. The molecule has 1 aliphatic rings. The highest BCUT2D eigenvalue weighted by atomic mass is 15.3. The molecule has 0 amide bonds. The summed E-state index contributed by atoms with van der Waals surface area (Å²) in [5.74, 6) is 1.18. The van der Waals surface area contributed by atoms with Crippen LogP contribution in [0.3, 0.4) is 0 Å². The third-order valence-electron chi connectivity index (χ3n) is 8.95. The van der Waals surface area contributed by atoms with E-state index in [9.17, 15) is 0 Å². The summed E-state index contributed by atoms with van der Waals surface area (Å²) in [6, 6.07) is 61.3. The van der Waals surface area contributed by atoms with Crippen molar-refractivity contribution in [1.29, 1.82) is 0 Å². The summed E-state index contributed by atoms with van der Waals surface area (Å²) < 4.78 is 4.96. The Morgan fingerprint density at radius 1 is 0.386 bits per heavy atom. The van der Waals surface area contributed by atoms with Crippen molar-refractivity contribution in [2.45, 2.75) is 0 Å². The minimum atomic E-state index is -0.0105. The van der Waals surface area contributed by atoms with Crippen LogP contribution in [-0.4, -0.2) is 15.8 Å². The third-order valence-corrected chi connectivity index (χ3v) is 8.95. The van der Waals surface area contributed by atoms with E-state index in [-0.39, 0.29) is 6.71 Å². The molecule has 206 valence electrons. The van der Waals surface area contributed by atoms with Gasteiger partial charge >= 0.3 is 0 Å². The summed E-state index contributed by atoms with van der Waals surface area (Å²) >= 11 is 0. The van der Waals surface area contributed by atoms with Crippen LogP contribution < -0.4 is 21.4 Å². The molecule has 4 heteroatoms. The molecule has 0 N–H and O–H groups in total. The summed E-state index contributed by atoms with van der Waals surface area (Å²) in [5, 5.41) is 2.49. The first-order valence-corrected chi connectivity index (χ1v) is 15.2. The van der Waals surface area contributed by atoms with E-state index in [2.05, 4.69) is 184 Å². The maximum absolute atomic E-state index is 2.51. The molecule has 0 saturated heterocycles. The van der Waals surface area contributed by atoms with Crippen LogP contribution in [0.15, 0.2) is 170 Å². The number of aromatic nitrogens is 2. The van der Waals surface area contributed by atoms with Gasteiger partial charge in [-0.05, 0) is 59.4 Å². The SMILES string of the molecule is c1ccc(B2c3c(n(-c4ccccc4)c4ccccc34)N(c3ccccc3)c3c2n(-c2ccccc2)c2ccccc32)cc1. The zero-order valence-corrected chi connectivity index (χ0v) is 24.1. The fourth-order valence-corrected chi connectivity index (χ4v) is 7.23. The molecule has 3 heterocycles. The molecule has 0 bridgehead atoms. The van der Waals surface area contributed by atoms with Gasteiger partial charge in [0.15, 0.2) is 0 Å². The minimum Gasteiger partial charge on any atom is -0.319 e. The van der Waals surface area contributed by atoms with E-state index < -0.39 is 0 Å². The largest absolute Gasteiger partial charge is 0.319 e. The molecule has 0 atom stereocenters. The number of fused-ring (bicyclic) bond motifs is 6. The van der Waals surface area contributed by atoms with Crippen molar-refractivity contribution in [3.05, 3.63) is 170 Å². The lowest BCUT2D eigenvalue weighted by Gasteiger charge is -2.36. The Labute approximate surface area is 256 Å².